The summed E-state index contributed by atoms with van der Waals surface area (Å²) >= 11 is 1.42. The number of hydrogen-bond acceptors (Lipinski definition) is 8. The Morgan fingerprint density at radius 3 is 2.91 bits per heavy atom. The number of rotatable bonds is 5. The smallest absolute Gasteiger partial charge is 0.358 e. The Hall–Kier alpha value is -2.61. The first-order chi connectivity index (χ1) is 10.8. The van der Waals surface area contributed by atoms with Gasteiger partial charge in [-0.2, -0.15) is 0 Å². The van der Waals surface area contributed by atoms with Crippen molar-refractivity contribution in [1.29, 1.82) is 0 Å². The predicted octanol–water partition coefficient (Wildman–Crippen LogP) is 2.27. The lowest BCUT2D eigenvalue weighted by atomic mass is 10.3. The van der Waals surface area contributed by atoms with Crippen LogP contribution in [0, 0.1) is 0 Å². The molecule has 22 heavy (non-hydrogen) atoms. The molecule has 0 spiro atoms. The molecule has 1 N–H and O–H groups in total. The van der Waals surface area contributed by atoms with Gasteiger partial charge in [0.2, 0.25) is 5.95 Å². The maximum atomic E-state index is 12.0. The molecular formula is C14H13N5O2S. The van der Waals surface area contributed by atoms with Gasteiger partial charge in [-0.3, -0.25) is 0 Å². The summed E-state index contributed by atoms with van der Waals surface area (Å²) in [6.45, 7) is 2.54. The van der Waals surface area contributed by atoms with Gasteiger partial charge < -0.3 is 10.1 Å². The van der Waals surface area contributed by atoms with Crippen molar-refractivity contribution in [3.8, 4) is 0 Å². The zero-order valence-electron chi connectivity index (χ0n) is 11.8. The van der Waals surface area contributed by atoms with Gasteiger partial charge in [0, 0.05) is 24.5 Å². The van der Waals surface area contributed by atoms with Crippen molar-refractivity contribution in [3.05, 3.63) is 41.4 Å². The first-order valence-electron chi connectivity index (χ1n) is 6.68. The van der Waals surface area contributed by atoms with Crippen LogP contribution in [0.15, 0.2) is 30.2 Å². The molecule has 3 rings (SSSR count). The van der Waals surface area contributed by atoms with Crippen LogP contribution in [0.4, 0.5) is 5.95 Å². The van der Waals surface area contributed by atoms with E-state index in [1.165, 1.54) is 17.7 Å². The quantitative estimate of drug-likeness (QED) is 0.722. The molecule has 0 radical (unpaired) electrons. The SMILES string of the molecule is CCOC(=O)c1nc(NCc2cncnc2)nc2ccsc12. The predicted molar refractivity (Wildman–Crippen MR) is 82.7 cm³/mol. The first-order valence-corrected chi connectivity index (χ1v) is 7.56. The summed E-state index contributed by atoms with van der Waals surface area (Å²) in [5, 5.41) is 4.95. The summed E-state index contributed by atoms with van der Waals surface area (Å²) in [4.78, 5) is 28.6. The number of ether oxygens (including phenoxy) is 1. The van der Waals surface area contributed by atoms with Crippen molar-refractivity contribution >= 4 is 33.5 Å². The Morgan fingerprint density at radius 1 is 1.32 bits per heavy atom. The molecule has 0 saturated carbocycles. The minimum absolute atomic E-state index is 0.286. The van der Waals surface area contributed by atoms with Crippen LogP contribution in [0.1, 0.15) is 23.0 Å². The van der Waals surface area contributed by atoms with Crippen LogP contribution in [0.5, 0.6) is 0 Å². The number of aromatic nitrogens is 4. The summed E-state index contributed by atoms with van der Waals surface area (Å²) in [6.07, 6.45) is 4.88. The Balaban J connectivity index is 1.88. The summed E-state index contributed by atoms with van der Waals surface area (Å²) in [5.74, 6) is -0.0683. The van der Waals surface area contributed by atoms with E-state index in [2.05, 4.69) is 25.3 Å². The molecule has 8 heteroatoms. The van der Waals surface area contributed by atoms with Gasteiger partial charge in [-0.1, -0.05) is 0 Å². The third kappa shape index (κ3) is 3.01. The standard InChI is InChI=1S/C14H13N5O2S/c1-2-21-13(20)11-12-10(3-4-22-12)18-14(19-11)17-7-9-5-15-8-16-6-9/h3-6,8H,2,7H2,1H3,(H,17,18,19). The van der Waals surface area contributed by atoms with E-state index in [0.29, 0.717) is 19.1 Å². The molecule has 0 bridgehead atoms. The Labute approximate surface area is 130 Å². The zero-order valence-corrected chi connectivity index (χ0v) is 12.6. The molecule has 0 aliphatic carbocycles. The molecule has 0 atom stereocenters. The molecule has 3 aromatic rings. The number of esters is 1. The number of thiophene rings is 1. The van der Waals surface area contributed by atoms with Crippen LogP contribution in [0.25, 0.3) is 10.2 Å². The van der Waals surface area contributed by atoms with E-state index < -0.39 is 5.97 Å². The highest BCUT2D eigenvalue weighted by Gasteiger charge is 2.17. The maximum Gasteiger partial charge on any atom is 0.358 e. The minimum Gasteiger partial charge on any atom is -0.461 e. The second-order valence-corrected chi connectivity index (χ2v) is 5.27. The summed E-state index contributed by atoms with van der Waals surface area (Å²) < 4.78 is 5.78. The third-order valence-electron chi connectivity index (χ3n) is 2.84. The lowest BCUT2D eigenvalue weighted by Gasteiger charge is -2.07. The molecular weight excluding hydrogens is 302 g/mol. The number of nitrogens with one attached hydrogen (secondary N) is 1. The van der Waals surface area contributed by atoms with Gasteiger partial charge in [0.05, 0.1) is 16.8 Å². The molecule has 0 aromatic carbocycles. The van der Waals surface area contributed by atoms with E-state index in [1.807, 2.05) is 11.4 Å². The molecule has 0 fully saturated rings. The maximum absolute atomic E-state index is 12.0. The normalized spacial score (nSPS) is 10.6. The van der Waals surface area contributed by atoms with E-state index in [1.54, 1.807) is 19.3 Å². The number of carbonyl (C=O) groups is 1. The molecule has 0 aliphatic rings. The molecule has 0 saturated heterocycles. The monoisotopic (exact) mass is 315 g/mol. The summed E-state index contributed by atoms with van der Waals surface area (Å²) in [5.41, 5.74) is 1.90. The number of nitrogens with zero attached hydrogens (tertiary/aromatic N) is 4. The number of carbonyl (C=O) groups excluding carboxylic acids is 1. The molecule has 0 unspecified atom stereocenters. The Morgan fingerprint density at radius 2 is 2.14 bits per heavy atom. The minimum atomic E-state index is -0.441. The van der Waals surface area contributed by atoms with Crippen LogP contribution >= 0.6 is 11.3 Å². The van der Waals surface area contributed by atoms with Gasteiger partial charge >= 0.3 is 5.97 Å². The van der Waals surface area contributed by atoms with Crippen LogP contribution in [-0.2, 0) is 11.3 Å². The van der Waals surface area contributed by atoms with Crippen molar-refractivity contribution in [2.45, 2.75) is 13.5 Å². The fourth-order valence-electron chi connectivity index (χ4n) is 1.88. The van der Waals surface area contributed by atoms with Crippen LogP contribution < -0.4 is 5.32 Å². The van der Waals surface area contributed by atoms with E-state index in [4.69, 9.17) is 4.74 Å². The largest absolute Gasteiger partial charge is 0.461 e. The average molecular weight is 315 g/mol. The van der Waals surface area contributed by atoms with Crippen molar-refractivity contribution in [2.24, 2.45) is 0 Å². The molecule has 112 valence electrons. The highest BCUT2D eigenvalue weighted by molar-refractivity contribution is 7.17. The molecule has 3 heterocycles. The average Bonchev–Trinajstić information content (AvgIpc) is 3.01. The molecule has 7 nitrogen and oxygen atoms in total. The summed E-state index contributed by atoms with van der Waals surface area (Å²) in [6, 6.07) is 1.85. The van der Waals surface area contributed by atoms with Crippen molar-refractivity contribution in [2.75, 3.05) is 11.9 Å². The van der Waals surface area contributed by atoms with Gasteiger partial charge in [0.25, 0.3) is 0 Å². The van der Waals surface area contributed by atoms with Crippen LogP contribution in [0.3, 0.4) is 0 Å². The molecule has 0 aliphatic heterocycles. The first kappa shape index (κ1) is 14.3. The zero-order chi connectivity index (χ0) is 15.4. The van der Waals surface area contributed by atoms with E-state index in [9.17, 15) is 4.79 Å². The van der Waals surface area contributed by atoms with Gasteiger partial charge in [-0.15, -0.1) is 11.3 Å². The van der Waals surface area contributed by atoms with Crippen molar-refractivity contribution in [1.82, 2.24) is 19.9 Å². The van der Waals surface area contributed by atoms with Crippen molar-refractivity contribution in [3.63, 3.8) is 0 Å². The van der Waals surface area contributed by atoms with Gasteiger partial charge in [-0.25, -0.2) is 24.7 Å². The Kier molecular flexibility index (Phi) is 4.19. The fraction of sp³-hybridized carbons (Fsp3) is 0.214. The lowest BCUT2D eigenvalue weighted by molar-refractivity contribution is 0.0522. The van der Waals surface area contributed by atoms with E-state index in [-0.39, 0.29) is 5.69 Å². The van der Waals surface area contributed by atoms with Gasteiger partial charge in [-0.05, 0) is 18.4 Å². The van der Waals surface area contributed by atoms with Crippen LogP contribution in [0.2, 0.25) is 0 Å². The fourth-order valence-corrected chi connectivity index (χ4v) is 2.69. The van der Waals surface area contributed by atoms with Crippen molar-refractivity contribution < 1.29 is 9.53 Å². The number of hydrogen-bond donors (Lipinski definition) is 1. The van der Waals surface area contributed by atoms with E-state index in [0.717, 1.165) is 15.8 Å². The lowest BCUT2D eigenvalue weighted by Crippen LogP contribution is -2.11. The summed E-state index contributed by atoms with van der Waals surface area (Å²) in [7, 11) is 0. The highest BCUT2D eigenvalue weighted by atomic mass is 32.1. The third-order valence-corrected chi connectivity index (χ3v) is 3.75. The van der Waals surface area contributed by atoms with Crippen LogP contribution in [-0.4, -0.2) is 32.5 Å². The molecule has 3 aromatic heterocycles. The number of anilines is 1. The molecule has 0 amide bonds. The van der Waals surface area contributed by atoms with E-state index >= 15 is 0 Å². The second-order valence-electron chi connectivity index (χ2n) is 4.35. The highest BCUT2D eigenvalue weighted by Crippen LogP contribution is 2.24. The number of fused-ring (bicyclic) bond motifs is 1. The Bertz CT molecular complexity index is 790. The van der Waals surface area contributed by atoms with Gasteiger partial charge in [0.15, 0.2) is 5.69 Å². The topological polar surface area (TPSA) is 89.9 Å². The second kappa shape index (κ2) is 6.44. The van der Waals surface area contributed by atoms with Gasteiger partial charge in [0.1, 0.15) is 6.33 Å².